The molecular formula is C18H27N3O5S. The first kappa shape index (κ1) is 21.2. The number of ether oxygens (including phenoxy) is 1. The third-order valence-electron chi connectivity index (χ3n) is 4.50. The number of methoxy groups -OCH3 is 1. The van der Waals surface area contributed by atoms with Crippen LogP contribution in [0.15, 0.2) is 24.3 Å². The van der Waals surface area contributed by atoms with Gasteiger partial charge in [-0.3, -0.25) is 14.5 Å². The number of carbonyl (C=O) groups is 2. The Balaban J connectivity index is 1.85. The molecule has 0 unspecified atom stereocenters. The van der Waals surface area contributed by atoms with Gasteiger partial charge in [-0.25, -0.2) is 8.42 Å². The Hall–Kier alpha value is -2.13. The molecule has 0 spiro atoms. The standard InChI is InChI=1S/C18H27N3O5S/c1-4-21(11-16(22)19-14-5-7-15(26-3)8-6-14)12-17(23)20-18(2)9-10-27(24,25)13-18/h5-8H,4,9-13H2,1-3H3,(H,19,22)(H,20,23)/t18-/m0/s1. The molecule has 1 saturated heterocycles. The average molecular weight is 397 g/mol. The highest BCUT2D eigenvalue weighted by atomic mass is 32.2. The van der Waals surface area contributed by atoms with Crippen molar-refractivity contribution in [1.29, 1.82) is 0 Å². The molecule has 0 aromatic heterocycles. The molecule has 1 aliphatic heterocycles. The van der Waals surface area contributed by atoms with Crippen LogP contribution in [0, 0.1) is 0 Å². The number of rotatable bonds is 8. The molecule has 1 fully saturated rings. The minimum absolute atomic E-state index is 0.0299. The number of likely N-dealkylation sites (N-methyl/N-ethyl adjacent to an activating group) is 1. The fourth-order valence-electron chi connectivity index (χ4n) is 3.05. The number of amides is 2. The topological polar surface area (TPSA) is 105 Å². The molecule has 0 aliphatic carbocycles. The van der Waals surface area contributed by atoms with Crippen molar-refractivity contribution >= 4 is 27.3 Å². The normalized spacial score (nSPS) is 21.0. The molecule has 1 aliphatic rings. The molecule has 2 rings (SSSR count). The summed E-state index contributed by atoms with van der Waals surface area (Å²) < 4.78 is 28.4. The lowest BCUT2D eigenvalue weighted by molar-refractivity contribution is -0.124. The summed E-state index contributed by atoms with van der Waals surface area (Å²) in [6.45, 7) is 4.20. The number of sulfone groups is 1. The van der Waals surface area contributed by atoms with E-state index in [0.29, 0.717) is 24.4 Å². The molecule has 27 heavy (non-hydrogen) atoms. The summed E-state index contributed by atoms with van der Waals surface area (Å²) in [5.74, 6) is 0.224. The van der Waals surface area contributed by atoms with E-state index in [1.807, 2.05) is 6.92 Å². The molecule has 1 aromatic rings. The number of hydrogen-bond donors (Lipinski definition) is 2. The summed E-state index contributed by atoms with van der Waals surface area (Å²) in [7, 11) is -1.52. The highest BCUT2D eigenvalue weighted by Gasteiger charge is 2.39. The highest BCUT2D eigenvalue weighted by molar-refractivity contribution is 7.91. The van der Waals surface area contributed by atoms with Crippen LogP contribution in [0.5, 0.6) is 5.75 Å². The summed E-state index contributed by atoms with van der Waals surface area (Å²) in [5, 5.41) is 5.58. The van der Waals surface area contributed by atoms with Crippen LogP contribution < -0.4 is 15.4 Å². The van der Waals surface area contributed by atoms with Crippen molar-refractivity contribution in [2.75, 3.05) is 43.6 Å². The predicted octanol–water partition coefficient (Wildman–Crippen LogP) is 0.649. The van der Waals surface area contributed by atoms with E-state index in [1.54, 1.807) is 43.2 Å². The second kappa shape index (κ2) is 8.71. The fraction of sp³-hybridized carbons (Fsp3) is 0.556. The summed E-state index contributed by atoms with van der Waals surface area (Å²) in [6.07, 6.45) is 0.408. The smallest absolute Gasteiger partial charge is 0.238 e. The molecule has 1 atom stereocenters. The van der Waals surface area contributed by atoms with Crippen LogP contribution in [0.1, 0.15) is 20.3 Å². The van der Waals surface area contributed by atoms with Gasteiger partial charge in [0.2, 0.25) is 11.8 Å². The van der Waals surface area contributed by atoms with Gasteiger partial charge in [0.25, 0.3) is 0 Å². The number of nitrogens with zero attached hydrogens (tertiary/aromatic N) is 1. The second-order valence-electron chi connectivity index (χ2n) is 7.03. The molecule has 0 radical (unpaired) electrons. The molecule has 2 N–H and O–H groups in total. The van der Waals surface area contributed by atoms with Gasteiger partial charge in [-0.1, -0.05) is 6.92 Å². The van der Waals surface area contributed by atoms with Gasteiger partial charge in [0.1, 0.15) is 5.75 Å². The van der Waals surface area contributed by atoms with Crippen molar-refractivity contribution in [1.82, 2.24) is 10.2 Å². The van der Waals surface area contributed by atoms with E-state index in [-0.39, 0.29) is 36.4 Å². The second-order valence-corrected chi connectivity index (χ2v) is 9.21. The van der Waals surface area contributed by atoms with E-state index in [0.717, 1.165) is 0 Å². The molecule has 8 nitrogen and oxygen atoms in total. The Morgan fingerprint density at radius 2 is 1.81 bits per heavy atom. The third-order valence-corrected chi connectivity index (χ3v) is 6.40. The van der Waals surface area contributed by atoms with Crippen molar-refractivity contribution in [3.63, 3.8) is 0 Å². The molecule has 2 amide bonds. The number of anilines is 1. The monoisotopic (exact) mass is 397 g/mol. The van der Waals surface area contributed by atoms with Crippen LogP contribution in [0.3, 0.4) is 0 Å². The largest absolute Gasteiger partial charge is 0.497 e. The maximum absolute atomic E-state index is 12.3. The van der Waals surface area contributed by atoms with Gasteiger partial charge in [0.15, 0.2) is 9.84 Å². The van der Waals surface area contributed by atoms with E-state index in [2.05, 4.69) is 10.6 Å². The minimum Gasteiger partial charge on any atom is -0.497 e. The van der Waals surface area contributed by atoms with Crippen LogP contribution in [-0.4, -0.2) is 68.9 Å². The van der Waals surface area contributed by atoms with E-state index in [9.17, 15) is 18.0 Å². The number of hydrogen-bond acceptors (Lipinski definition) is 6. The van der Waals surface area contributed by atoms with Gasteiger partial charge in [0.05, 0.1) is 37.2 Å². The van der Waals surface area contributed by atoms with Crippen molar-refractivity contribution in [3.05, 3.63) is 24.3 Å². The van der Waals surface area contributed by atoms with Gasteiger partial charge in [0, 0.05) is 5.69 Å². The molecule has 1 heterocycles. The lowest BCUT2D eigenvalue weighted by Crippen LogP contribution is -2.51. The number of benzene rings is 1. The van der Waals surface area contributed by atoms with Gasteiger partial charge < -0.3 is 15.4 Å². The van der Waals surface area contributed by atoms with Crippen molar-refractivity contribution in [2.24, 2.45) is 0 Å². The maximum Gasteiger partial charge on any atom is 0.238 e. The Kier molecular flexibility index (Phi) is 6.83. The quantitative estimate of drug-likeness (QED) is 0.667. The minimum atomic E-state index is -3.09. The highest BCUT2D eigenvalue weighted by Crippen LogP contribution is 2.22. The van der Waals surface area contributed by atoms with Crippen molar-refractivity contribution in [3.8, 4) is 5.75 Å². The van der Waals surface area contributed by atoms with Crippen LogP contribution in [0.25, 0.3) is 0 Å². The SMILES string of the molecule is CCN(CC(=O)Nc1ccc(OC)cc1)CC(=O)N[C@@]1(C)CCS(=O)(=O)C1. The Morgan fingerprint density at radius 1 is 1.19 bits per heavy atom. The van der Waals surface area contributed by atoms with Gasteiger partial charge in [-0.15, -0.1) is 0 Å². The molecular weight excluding hydrogens is 370 g/mol. The molecule has 0 saturated carbocycles. The fourth-order valence-corrected chi connectivity index (χ4v) is 5.14. The predicted molar refractivity (Wildman–Crippen MR) is 104 cm³/mol. The Labute approximate surface area is 160 Å². The summed E-state index contributed by atoms with van der Waals surface area (Å²) in [6, 6.07) is 6.97. The van der Waals surface area contributed by atoms with E-state index < -0.39 is 15.4 Å². The van der Waals surface area contributed by atoms with E-state index in [4.69, 9.17) is 4.74 Å². The van der Waals surface area contributed by atoms with Crippen LogP contribution in [0.4, 0.5) is 5.69 Å². The lowest BCUT2D eigenvalue weighted by Gasteiger charge is -2.26. The zero-order valence-corrected chi connectivity index (χ0v) is 16.8. The first-order chi connectivity index (χ1) is 12.6. The molecule has 1 aromatic carbocycles. The zero-order chi connectivity index (χ0) is 20.1. The van der Waals surface area contributed by atoms with Crippen LogP contribution in [-0.2, 0) is 19.4 Å². The molecule has 9 heteroatoms. The average Bonchev–Trinajstić information content (AvgIpc) is 2.87. The maximum atomic E-state index is 12.3. The number of carbonyl (C=O) groups excluding carboxylic acids is 2. The Bertz CT molecular complexity index is 779. The van der Waals surface area contributed by atoms with Crippen molar-refractivity contribution < 1.29 is 22.7 Å². The summed E-state index contributed by atoms with van der Waals surface area (Å²) in [5.41, 5.74) is -0.0919. The summed E-state index contributed by atoms with van der Waals surface area (Å²) >= 11 is 0. The van der Waals surface area contributed by atoms with Gasteiger partial charge >= 0.3 is 0 Å². The van der Waals surface area contributed by atoms with Gasteiger partial charge in [-0.05, 0) is 44.2 Å². The van der Waals surface area contributed by atoms with Gasteiger partial charge in [-0.2, -0.15) is 0 Å². The van der Waals surface area contributed by atoms with Crippen LogP contribution in [0.2, 0.25) is 0 Å². The first-order valence-electron chi connectivity index (χ1n) is 8.82. The third kappa shape index (κ3) is 6.51. The van der Waals surface area contributed by atoms with E-state index >= 15 is 0 Å². The zero-order valence-electron chi connectivity index (χ0n) is 15.9. The van der Waals surface area contributed by atoms with Crippen molar-refractivity contribution in [2.45, 2.75) is 25.8 Å². The number of nitrogens with one attached hydrogen (secondary N) is 2. The lowest BCUT2D eigenvalue weighted by atomic mass is 10.0. The Morgan fingerprint density at radius 3 is 2.33 bits per heavy atom. The summed E-state index contributed by atoms with van der Waals surface area (Å²) in [4.78, 5) is 26.2. The van der Waals surface area contributed by atoms with E-state index in [1.165, 1.54) is 0 Å². The molecule has 0 bridgehead atoms. The molecule has 150 valence electrons. The van der Waals surface area contributed by atoms with Crippen LogP contribution >= 0.6 is 0 Å². The first-order valence-corrected chi connectivity index (χ1v) is 10.6.